The van der Waals surface area contributed by atoms with Crippen LogP contribution in [0.5, 0.6) is 0 Å². The molecule has 1 amide bonds. The van der Waals surface area contributed by atoms with Crippen LogP contribution >= 0.6 is 0 Å². The first-order valence-corrected chi connectivity index (χ1v) is 6.70. The third kappa shape index (κ3) is 3.56. The summed E-state index contributed by atoms with van der Waals surface area (Å²) < 4.78 is 5.11. The molecule has 2 aromatic rings. The topological polar surface area (TPSA) is 64.3 Å². The molecular formula is C16H20N2O2. The molecule has 0 aliphatic rings. The molecule has 2 aromatic carbocycles. The molecule has 0 spiro atoms. The van der Waals surface area contributed by atoms with Gasteiger partial charge in [-0.15, -0.1) is 0 Å². The highest BCUT2D eigenvalue weighted by Gasteiger charge is 2.11. The Hall–Kier alpha value is -1.91. The number of rotatable bonds is 6. The number of ether oxygens (including phenoxy) is 1. The van der Waals surface area contributed by atoms with Gasteiger partial charge in [-0.2, -0.15) is 0 Å². The summed E-state index contributed by atoms with van der Waals surface area (Å²) >= 11 is 0. The quantitative estimate of drug-likeness (QED) is 0.843. The molecule has 0 aromatic heterocycles. The third-order valence-corrected chi connectivity index (χ3v) is 3.37. The van der Waals surface area contributed by atoms with Gasteiger partial charge in [0.2, 0.25) is 5.91 Å². The second kappa shape index (κ2) is 7.03. The molecule has 0 radical (unpaired) electrons. The van der Waals surface area contributed by atoms with Crippen LogP contribution < -0.4 is 11.1 Å². The summed E-state index contributed by atoms with van der Waals surface area (Å²) in [5, 5.41) is 5.26. The lowest BCUT2D eigenvalue weighted by molar-refractivity contribution is -0.123. The molecule has 106 valence electrons. The summed E-state index contributed by atoms with van der Waals surface area (Å²) in [6.45, 7) is 0.860. The van der Waals surface area contributed by atoms with Crippen molar-refractivity contribution in [3.8, 4) is 0 Å². The van der Waals surface area contributed by atoms with Crippen LogP contribution in [0.2, 0.25) is 0 Å². The number of benzene rings is 2. The first-order valence-electron chi connectivity index (χ1n) is 6.70. The Labute approximate surface area is 118 Å². The minimum atomic E-state index is -0.220. The van der Waals surface area contributed by atoms with Crippen LogP contribution in [-0.2, 0) is 16.1 Å². The zero-order chi connectivity index (χ0) is 14.4. The largest absolute Gasteiger partial charge is 0.380 e. The van der Waals surface area contributed by atoms with Crippen molar-refractivity contribution in [2.24, 2.45) is 5.73 Å². The molecule has 0 aliphatic carbocycles. The van der Waals surface area contributed by atoms with Gasteiger partial charge in [0.05, 0.1) is 12.5 Å². The summed E-state index contributed by atoms with van der Waals surface area (Å²) in [6.07, 6.45) is 0.0696. The van der Waals surface area contributed by atoms with Crippen molar-refractivity contribution in [3.05, 3.63) is 48.0 Å². The summed E-state index contributed by atoms with van der Waals surface area (Å²) in [5.74, 6) is -0.0461. The monoisotopic (exact) mass is 272 g/mol. The number of amides is 1. The standard InChI is InChI=1S/C16H20N2O2/c1-20-14(10-17)9-16(19)18-11-13-7-4-6-12-5-2-3-8-15(12)13/h2-8,14H,9-11,17H2,1H3,(H,18,19). The van der Waals surface area contributed by atoms with E-state index >= 15 is 0 Å². The molecule has 2 rings (SSSR count). The highest BCUT2D eigenvalue weighted by Crippen LogP contribution is 2.18. The van der Waals surface area contributed by atoms with Gasteiger partial charge in [0.15, 0.2) is 0 Å². The molecule has 0 aliphatic heterocycles. The predicted molar refractivity (Wildman–Crippen MR) is 80.3 cm³/mol. The van der Waals surface area contributed by atoms with Crippen molar-refractivity contribution in [1.82, 2.24) is 5.32 Å². The lowest BCUT2D eigenvalue weighted by Gasteiger charge is -2.13. The summed E-state index contributed by atoms with van der Waals surface area (Å²) in [6, 6.07) is 14.2. The van der Waals surface area contributed by atoms with E-state index < -0.39 is 0 Å². The number of methoxy groups -OCH3 is 1. The Morgan fingerprint density at radius 2 is 2.00 bits per heavy atom. The maximum Gasteiger partial charge on any atom is 0.222 e. The molecule has 0 saturated carbocycles. The second-order valence-corrected chi connectivity index (χ2v) is 4.71. The minimum absolute atomic E-state index is 0.0461. The lowest BCUT2D eigenvalue weighted by atomic mass is 10.0. The van der Waals surface area contributed by atoms with Crippen LogP contribution in [-0.4, -0.2) is 25.7 Å². The van der Waals surface area contributed by atoms with E-state index in [0.717, 1.165) is 10.9 Å². The van der Waals surface area contributed by atoms with Crippen molar-refractivity contribution in [3.63, 3.8) is 0 Å². The number of hydrogen-bond acceptors (Lipinski definition) is 3. The van der Waals surface area contributed by atoms with E-state index in [1.54, 1.807) is 7.11 Å². The van der Waals surface area contributed by atoms with Gasteiger partial charge in [-0.1, -0.05) is 42.5 Å². The molecule has 4 nitrogen and oxygen atoms in total. The van der Waals surface area contributed by atoms with Crippen LogP contribution in [0.3, 0.4) is 0 Å². The van der Waals surface area contributed by atoms with Crippen LogP contribution in [0, 0.1) is 0 Å². The Bertz CT molecular complexity index is 574. The van der Waals surface area contributed by atoms with Gasteiger partial charge in [0.25, 0.3) is 0 Å². The number of nitrogens with two attached hydrogens (primary N) is 1. The van der Waals surface area contributed by atoms with E-state index in [0.29, 0.717) is 13.1 Å². The number of nitrogens with one attached hydrogen (secondary N) is 1. The molecule has 0 fully saturated rings. The fraction of sp³-hybridized carbons (Fsp3) is 0.312. The molecule has 0 saturated heterocycles. The number of carbonyl (C=O) groups is 1. The van der Waals surface area contributed by atoms with E-state index in [9.17, 15) is 4.79 Å². The zero-order valence-corrected chi connectivity index (χ0v) is 11.6. The van der Waals surface area contributed by atoms with Crippen molar-refractivity contribution < 1.29 is 9.53 Å². The fourth-order valence-corrected chi connectivity index (χ4v) is 2.18. The van der Waals surface area contributed by atoms with Gasteiger partial charge in [-0.3, -0.25) is 4.79 Å². The molecule has 0 heterocycles. The molecule has 1 atom stereocenters. The Kier molecular flexibility index (Phi) is 5.09. The summed E-state index contributed by atoms with van der Waals surface area (Å²) in [5.41, 5.74) is 6.62. The molecule has 0 bridgehead atoms. The SMILES string of the molecule is COC(CN)CC(=O)NCc1cccc2ccccc12. The van der Waals surface area contributed by atoms with Crippen LogP contribution in [0.25, 0.3) is 10.8 Å². The normalized spacial score (nSPS) is 12.3. The Morgan fingerprint density at radius 1 is 1.25 bits per heavy atom. The fourth-order valence-electron chi connectivity index (χ4n) is 2.18. The summed E-state index contributed by atoms with van der Waals surface area (Å²) in [4.78, 5) is 11.8. The van der Waals surface area contributed by atoms with E-state index in [1.807, 2.05) is 24.3 Å². The third-order valence-electron chi connectivity index (χ3n) is 3.37. The highest BCUT2D eigenvalue weighted by molar-refractivity contribution is 5.86. The van der Waals surface area contributed by atoms with Crippen LogP contribution in [0.4, 0.5) is 0 Å². The van der Waals surface area contributed by atoms with Crippen molar-refractivity contribution in [2.45, 2.75) is 19.1 Å². The van der Waals surface area contributed by atoms with Crippen molar-refractivity contribution in [1.29, 1.82) is 0 Å². The Balaban J connectivity index is 2.01. The molecule has 3 N–H and O–H groups in total. The van der Waals surface area contributed by atoms with Gasteiger partial charge < -0.3 is 15.8 Å². The highest BCUT2D eigenvalue weighted by atomic mass is 16.5. The van der Waals surface area contributed by atoms with E-state index in [1.165, 1.54) is 5.39 Å². The van der Waals surface area contributed by atoms with Crippen molar-refractivity contribution in [2.75, 3.05) is 13.7 Å². The van der Waals surface area contributed by atoms with Gasteiger partial charge in [0.1, 0.15) is 0 Å². The Morgan fingerprint density at radius 3 is 2.75 bits per heavy atom. The van der Waals surface area contributed by atoms with Gasteiger partial charge in [0, 0.05) is 20.2 Å². The average molecular weight is 272 g/mol. The summed E-state index contributed by atoms with van der Waals surface area (Å²) in [7, 11) is 1.56. The van der Waals surface area contributed by atoms with Crippen LogP contribution in [0.1, 0.15) is 12.0 Å². The minimum Gasteiger partial charge on any atom is -0.380 e. The molecule has 20 heavy (non-hydrogen) atoms. The van der Waals surface area contributed by atoms with E-state index in [4.69, 9.17) is 10.5 Å². The van der Waals surface area contributed by atoms with Crippen molar-refractivity contribution >= 4 is 16.7 Å². The zero-order valence-electron chi connectivity index (χ0n) is 11.6. The number of fused-ring (bicyclic) bond motifs is 1. The van der Waals surface area contributed by atoms with E-state index in [2.05, 4.69) is 23.5 Å². The second-order valence-electron chi connectivity index (χ2n) is 4.71. The van der Waals surface area contributed by atoms with E-state index in [-0.39, 0.29) is 18.4 Å². The molecular weight excluding hydrogens is 252 g/mol. The predicted octanol–water partition coefficient (Wildman–Crippen LogP) is 1.82. The van der Waals surface area contributed by atoms with Gasteiger partial charge >= 0.3 is 0 Å². The maximum absolute atomic E-state index is 11.8. The van der Waals surface area contributed by atoms with Crippen LogP contribution in [0.15, 0.2) is 42.5 Å². The first kappa shape index (κ1) is 14.5. The molecule has 1 unspecified atom stereocenters. The average Bonchev–Trinajstić information content (AvgIpc) is 2.50. The number of carbonyl (C=O) groups excluding carboxylic acids is 1. The first-order chi connectivity index (χ1) is 9.74. The number of hydrogen-bond donors (Lipinski definition) is 2. The van der Waals surface area contributed by atoms with Gasteiger partial charge in [-0.05, 0) is 16.3 Å². The van der Waals surface area contributed by atoms with Gasteiger partial charge in [-0.25, -0.2) is 0 Å². The maximum atomic E-state index is 11.8. The molecule has 4 heteroatoms. The smallest absolute Gasteiger partial charge is 0.222 e. The lowest BCUT2D eigenvalue weighted by Crippen LogP contribution is -2.31.